The molecule has 2 rings (SSSR count). The second-order valence-corrected chi connectivity index (χ2v) is 5.47. The van der Waals surface area contributed by atoms with E-state index in [0.717, 1.165) is 44.4 Å². The Labute approximate surface area is 120 Å². The molecule has 0 aromatic heterocycles. The molecule has 0 radical (unpaired) electrons. The van der Waals surface area contributed by atoms with Gasteiger partial charge in [-0.3, -0.25) is 4.90 Å². The number of rotatable bonds is 6. The van der Waals surface area contributed by atoms with E-state index in [2.05, 4.69) is 23.2 Å². The van der Waals surface area contributed by atoms with Crippen molar-refractivity contribution in [3.8, 4) is 0 Å². The lowest BCUT2D eigenvalue weighted by Gasteiger charge is -2.35. The van der Waals surface area contributed by atoms with Gasteiger partial charge in [0.1, 0.15) is 0 Å². The van der Waals surface area contributed by atoms with Crippen LogP contribution in [-0.2, 0) is 11.3 Å². The molecule has 4 heteroatoms. The fourth-order valence-electron chi connectivity index (χ4n) is 2.40. The van der Waals surface area contributed by atoms with Gasteiger partial charge in [-0.05, 0) is 30.7 Å². The number of ether oxygens (including phenoxy) is 1. The van der Waals surface area contributed by atoms with Crippen molar-refractivity contribution < 1.29 is 4.74 Å². The number of benzene rings is 1. The van der Waals surface area contributed by atoms with Gasteiger partial charge in [-0.1, -0.05) is 30.7 Å². The van der Waals surface area contributed by atoms with E-state index in [1.807, 2.05) is 18.2 Å². The van der Waals surface area contributed by atoms with Crippen molar-refractivity contribution in [2.45, 2.75) is 25.9 Å². The minimum Gasteiger partial charge on any atom is -0.378 e. The Morgan fingerprint density at radius 1 is 1.47 bits per heavy atom. The summed E-state index contributed by atoms with van der Waals surface area (Å²) in [4.78, 5) is 2.48. The third kappa shape index (κ3) is 4.77. The summed E-state index contributed by atoms with van der Waals surface area (Å²) in [5, 5.41) is 4.30. The van der Waals surface area contributed by atoms with Crippen LogP contribution in [0.5, 0.6) is 0 Å². The Morgan fingerprint density at radius 2 is 2.37 bits per heavy atom. The standard InChI is InChI=1S/C15H23ClN2O/c1-2-6-17-10-15-12-19-8-7-18(15)11-13-4-3-5-14(16)9-13/h3-5,9,15,17H,2,6-8,10-12H2,1H3. The van der Waals surface area contributed by atoms with Crippen LogP contribution in [0.2, 0.25) is 5.02 Å². The van der Waals surface area contributed by atoms with Crippen LogP contribution in [0.3, 0.4) is 0 Å². The van der Waals surface area contributed by atoms with Gasteiger partial charge in [-0.25, -0.2) is 0 Å². The second-order valence-electron chi connectivity index (χ2n) is 5.03. The van der Waals surface area contributed by atoms with Gasteiger partial charge in [0.2, 0.25) is 0 Å². The highest BCUT2D eigenvalue weighted by molar-refractivity contribution is 6.30. The van der Waals surface area contributed by atoms with Gasteiger partial charge in [0.25, 0.3) is 0 Å². The van der Waals surface area contributed by atoms with Crippen molar-refractivity contribution in [1.29, 1.82) is 0 Å². The molecule has 0 spiro atoms. The van der Waals surface area contributed by atoms with Crippen LogP contribution in [0, 0.1) is 0 Å². The first-order chi connectivity index (χ1) is 9.29. The summed E-state index contributed by atoms with van der Waals surface area (Å²) < 4.78 is 5.60. The molecule has 1 heterocycles. The summed E-state index contributed by atoms with van der Waals surface area (Å²) in [5.41, 5.74) is 1.27. The molecule has 1 aliphatic heterocycles. The molecule has 106 valence electrons. The van der Waals surface area contributed by atoms with Crippen LogP contribution in [0.1, 0.15) is 18.9 Å². The molecule has 1 fully saturated rings. The van der Waals surface area contributed by atoms with Gasteiger partial charge < -0.3 is 10.1 Å². The number of nitrogens with one attached hydrogen (secondary N) is 1. The molecule has 0 amide bonds. The highest BCUT2D eigenvalue weighted by atomic mass is 35.5. The normalized spacial score (nSPS) is 20.6. The maximum absolute atomic E-state index is 6.05. The summed E-state index contributed by atoms with van der Waals surface area (Å²) >= 11 is 6.05. The zero-order valence-electron chi connectivity index (χ0n) is 11.6. The molecule has 1 unspecified atom stereocenters. The van der Waals surface area contributed by atoms with Crippen LogP contribution in [0.15, 0.2) is 24.3 Å². The van der Waals surface area contributed by atoms with E-state index >= 15 is 0 Å². The van der Waals surface area contributed by atoms with Crippen molar-refractivity contribution in [2.75, 3.05) is 32.8 Å². The lowest BCUT2D eigenvalue weighted by Crippen LogP contribution is -2.49. The number of hydrogen-bond acceptors (Lipinski definition) is 3. The average Bonchev–Trinajstić information content (AvgIpc) is 2.41. The van der Waals surface area contributed by atoms with E-state index in [1.54, 1.807) is 0 Å². The van der Waals surface area contributed by atoms with Crippen LogP contribution in [0.25, 0.3) is 0 Å². The zero-order valence-corrected chi connectivity index (χ0v) is 12.3. The third-order valence-corrected chi connectivity index (χ3v) is 3.67. The Hall–Kier alpha value is -0.610. The molecule has 1 saturated heterocycles. The second kappa shape index (κ2) is 7.85. The van der Waals surface area contributed by atoms with E-state index < -0.39 is 0 Å². The molecule has 1 N–H and O–H groups in total. The van der Waals surface area contributed by atoms with E-state index in [1.165, 1.54) is 12.0 Å². The predicted molar refractivity (Wildman–Crippen MR) is 79.6 cm³/mol. The van der Waals surface area contributed by atoms with E-state index in [-0.39, 0.29) is 0 Å². The Balaban J connectivity index is 1.91. The van der Waals surface area contributed by atoms with Crippen LogP contribution in [0.4, 0.5) is 0 Å². The fraction of sp³-hybridized carbons (Fsp3) is 0.600. The van der Waals surface area contributed by atoms with Crippen molar-refractivity contribution in [3.63, 3.8) is 0 Å². The van der Waals surface area contributed by atoms with Crippen LogP contribution >= 0.6 is 11.6 Å². The SMILES string of the molecule is CCCNCC1COCCN1Cc1cccc(Cl)c1. The van der Waals surface area contributed by atoms with Gasteiger partial charge >= 0.3 is 0 Å². The number of nitrogens with zero attached hydrogens (tertiary/aromatic N) is 1. The Kier molecular flexibility index (Phi) is 6.11. The maximum atomic E-state index is 6.05. The molecule has 19 heavy (non-hydrogen) atoms. The monoisotopic (exact) mass is 282 g/mol. The Morgan fingerprint density at radius 3 is 3.16 bits per heavy atom. The van der Waals surface area contributed by atoms with Crippen molar-refractivity contribution in [3.05, 3.63) is 34.9 Å². The van der Waals surface area contributed by atoms with Gasteiger partial charge in [0.05, 0.1) is 13.2 Å². The quantitative estimate of drug-likeness (QED) is 0.812. The summed E-state index contributed by atoms with van der Waals surface area (Å²) in [5.74, 6) is 0. The number of halogens is 1. The van der Waals surface area contributed by atoms with Gasteiger partial charge in [0.15, 0.2) is 0 Å². The van der Waals surface area contributed by atoms with Gasteiger partial charge in [-0.2, -0.15) is 0 Å². The highest BCUT2D eigenvalue weighted by Crippen LogP contribution is 2.15. The van der Waals surface area contributed by atoms with E-state index in [4.69, 9.17) is 16.3 Å². The molecule has 3 nitrogen and oxygen atoms in total. The summed E-state index contributed by atoms with van der Waals surface area (Å²) in [6.45, 7) is 7.83. The van der Waals surface area contributed by atoms with E-state index in [9.17, 15) is 0 Å². The van der Waals surface area contributed by atoms with Crippen LogP contribution < -0.4 is 5.32 Å². The first-order valence-electron chi connectivity index (χ1n) is 7.06. The summed E-state index contributed by atoms with van der Waals surface area (Å²) in [6.07, 6.45) is 1.17. The molecule has 0 bridgehead atoms. The van der Waals surface area contributed by atoms with Gasteiger partial charge in [-0.15, -0.1) is 0 Å². The summed E-state index contributed by atoms with van der Waals surface area (Å²) in [6, 6.07) is 8.58. The van der Waals surface area contributed by atoms with Crippen molar-refractivity contribution in [2.24, 2.45) is 0 Å². The molecule has 0 aliphatic carbocycles. The highest BCUT2D eigenvalue weighted by Gasteiger charge is 2.22. The topological polar surface area (TPSA) is 24.5 Å². The van der Waals surface area contributed by atoms with Gasteiger partial charge in [0, 0.05) is 30.7 Å². The van der Waals surface area contributed by atoms with Crippen molar-refractivity contribution >= 4 is 11.6 Å². The lowest BCUT2D eigenvalue weighted by molar-refractivity contribution is -0.0108. The maximum Gasteiger partial charge on any atom is 0.0635 e. The predicted octanol–water partition coefficient (Wildman–Crippen LogP) is 2.54. The fourth-order valence-corrected chi connectivity index (χ4v) is 2.61. The molecule has 0 saturated carbocycles. The molecular weight excluding hydrogens is 260 g/mol. The molecule has 1 aliphatic rings. The minimum atomic E-state index is 0.458. The number of morpholine rings is 1. The largest absolute Gasteiger partial charge is 0.378 e. The first-order valence-corrected chi connectivity index (χ1v) is 7.44. The van der Waals surface area contributed by atoms with Crippen LogP contribution in [-0.4, -0.2) is 43.8 Å². The zero-order chi connectivity index (χ0) is 13.5. The average molecular weight is 283 g/mol. The molecular formula is C15H23ClN2O. The first kappa shape index (κ1) is 14.8. The minimum absolute atomic E-state index is 0.458. The smallest absolute Gasteiger partial charge is 0.0635 e. The lowest BCUT2D eigenvalue weighted by atomic mass is 10.1. The third-order valence-electron chi connectivity index (χ3n) is 3.43. The summed E-state index contributed by atoms with van der Waals surface area (Å²) in [7, 11) is 0. The number of hydrogen-bond donors (Lipinski definition) is 1. The molecule has 1 aromatic carbocycles. The molecule has 1 atom stereocenters. The van der Waals surface area contributed by atoms with Crippen molar-refractivity contribution in [1.82, 2.24) is 10.2 Å². The van der Waals surface area contributed by atoms with E-state index in [0.29, 0.717) is 6.04 Å². The Bertz CT molecular complexity index is 386. The molecule has 1 aromatic rings.